The third-order valence-electron chi connectivity index (χ3n) is 4.54. The second-order valence-corrected chi connectivity index (χ2v) is 9.19. The number of hydrogen-bond donors (Lipinski definition) is 2. The molecule has 0 spiro atoms. The molecule has 3 N–H and O–H groups in total. The summed E-state index contributed by atoms with van der Waals surface area (Å²) in [5, 5.41) is 9.87. The van der Waals surface area contributed by atoms with Crippen molar-refractivity contribution >= 4 is 23.4 Å². The number of hydrogen-bond acceptors (Lipinski definition) is 7. The van der Waals surface area contributed by atoms with Crippen LogP contribution in [0.2, 0.25) is 0 Å². The lowest BCUT2D eigenvalue weighted by Gasteiger charge is -2.40. The first-order valence-electron chi connectivity index (χ1n) is 9.15. The van der Waals surface area contributed by atoms with Crippen LogP contribution >= 0.6 is 11.6 Å². The molecular weight excluding hydrogens is 405 g/mol. The molecule has 10 heteroatoms. The lowest BCUT2D eigenvalue weighted by Crippen LogP contribution is -2.56. The van der Waals surface area contributed by atoms with Crippen LogP contribution in [-0.2, 0) is 14.3 Å². The summed E-state index contributed by atoms with van der Waals surface area (Å²) < 4.78 is 26.9. The number of nitrogen functional groups attached to an aromatic ring is 1. The minimum atomic E-state index is -2.23. The van der Waals surface area contributed by atoms with Crippen LogP contribution in [0, 0.1) is 10.8 Å². The van der Waals surface area contributed by atoms with E-state index in [4.69, 9.17) is 26.8 Å². The van der Waals surface area contributed by atoms with Crippen molar-refractivity contribution in [2.75, 3.05) is 25.3 Å². The lowest BCUT2D eigenvalue weighted by atomic mass is 9.76. The molecule has 0 unspecified atom stereocenters. The van der Waals surface area contributed by atoms with E-state index in [1.165, 1.54) is 13.2 Å². The number of halogens is 2. The average Bonchev–Trinajstić information content (AvgIpc) is 2.59. The third kappa shape index (κ3) is 6.13. The van der Waals surface area contributed by atoms with Crippen LogP contribution in [0.15, 0.2) is 17.1 Å². The zero-order valence-electron chi connectivity index (χ0n) is 17.7. The number of methoxy groups -OCH3 is 1. The highest BCUT2D eigenvalue weighted by atomic mass is 35.5. The molecule has 0 bridgehead atoms. The summed E-state index contributed by atoms with van der Waals surface area (Å²) in [5.41, 5.74) is 1.51. The number of nitrogens with two attached hydrogens (primary N) is 1. The zero-order chi connectivity index (χ0) is 22.6. The fourth-order valence-corrected chi connectivity index (χ4v) is 3.64. The molecule has 0 radical (unpaired) electrons. The van der Waals surface area contributed by atoms with E-state index < -0.39 is 47.6 Å². The summed E-state index contributed by atoms with van der Waals surface area (Å²) in [6.45, 7) is 8.49. The Bertz CT molecular complexity index is 751. The van der Waals surface area contributed by atoms with E-state index in [1.807, 2.05) is 20.8 Å². The highest BCUT2D eigenvalue weighted by Gasteiger charge is 2.49. The summed E-state index contributed by atoms with van der Waals surface area (Å²) in [6.07, 6.45) is -2.41. The summed E-state index contributed by atoms with van der Waals surface area (Å²) >= 11 is 5.95. The molecule has 0 aliphatic rings. The van der Waals surface area contributed by atoms with Crippen molar-refractivity contribution in [3.05, 3.63) is 22.7 Å². The topological polar surface area (TPSA) is 117 Å². The predicted molar refractivity (Wildman–Crippen MR) is 108 cm³/mol. The van der Waals surface area contributed by atoms with Crippen molar-refractivity contribution in [1.82, 2.24) is 9.55 Å². The Kier molecular flexibility index (Phi) is 8.21. The number of ether oxygens (including phenoxy) is 2. The van der Waals surface area contributed by atoms with E-state index in [9.17, 15) is 14.7 Å². The van der Waals surface area contributed by atoms with Crippen molar-refractivity contribution < 1.29 is 23.8 Å². The normalized spacial score (nSPS) is 16.7. The molecular formula is C19H31ClFN3O5. The molecule has 3 atom stereocenters. The second kappa shape index (κ2) is 9.40. The minimum absolute atomic E-state index is 0.0872. The van der Waals surface area contributed by atoms with E-state index in [0.29, 0.717) is 11.0 Å². The smallest absolute Gasteiger partial charge is 0.351 e. The van der Waals surface area contributed by atoms with Gasteiger partial charge in [-0.3, -0.25) is 9.36 Å². The molecule has 29 heavy (non-hydrogen) atoms. The maximum Gasteiger partial charge on any atom is 0.351 e. The largest absolute Gasteiger partial charge is 0.454 e. The van der Waals surface area contributed by atoms with Gasteiger partial charge >= 0.3 is 11.7 Å². The molecule has 166 valence electrons. The van der Waals surface area contributed by atoms with Gasteiger partial charge in [0.25, 0.3) is 0 Å². The first-order chi connectivity index (χ1) is 13.2. The Morgan fingerprint density at radius 1 is 1.38 bits per heavy atom. The van der Waals surface area contributed by atoms with Crippen LogP contribution in [-0.4, -0.2) is 51.9 Å². The molecule has 0 aliphatic carbocycles. The molecule has 1 rings (SSSR count). The van der Waals surface area contributed by atoms with E-state index >= 15 is 4.39 Å². The van der Waals surface area contributed by atoms with Gasteiger partial charge in [-0.1, -0.05) is 20.8 Å². The van der Waals surface area contributed by atoms with Gasteiger partial charge in [-0.25, -0.2) is 9.18 Å². The fourth-order valence-electron chi connectivity index (χ4n) is 3.29. The Balaban J connectivity index is 3.39. The van der Waals surface area contributed by atoms with E-state index in [1.54, 1.807) is 13.8 Å². The lowest BCUT2D eigenvalue weighted by molar-refractivity contribution is -0.199. The minimum Gasteiger partial charge on any atom is -0.454 e. The van der Waals surface area contributed by atoms with Gasteiger partial charge in [0.2, 0.25) is 6.30 Å². The number of anilines is 1. The van der Waals surface area contributed by atoms with Gasteiger partial charge in [0.15, 0.2) is 6.10 Å². The Morgan fingerprint density at radius 3 is 2.38 bits per heavy atom. The molecule has 8 nitrogen and oxygen atoms in total. The van der Waals surface area contributed by atoms with Crippen LogP contribution in [0.5, 0.6) is 0 Å². The summed E-state index contributed by atoms with van der Waals surface area (Å²) in [7, 11) is 1.20. The zero-order valence-corrected chi connectivity index (χ0v) is 18.5. The van der Waals surface area contributed by atoms with E-state index in [0.717, 1.165) is 6.20 Å². The van der Waals surface area contributed by atoms with Gasteiger partial charge in [0.05, 0.1) is 17.9 Å². The number of nitrogens with zero attached hydrogens (tertiary/aromatic N) is 2. The molecule has 0 saturated carbocycles. The van der Waals surface area contributed by atoms with Crippen LogP contribution in [0.3, 0.4) is 0 Å². The molecule has 0 aromatic carbocycles. The van der Waals surface area contributed by atoms with Gasteiger partial charge in [-0.15, -0.1) is 11.6 Å². The number of carbonyl (C=O) groups excluding carboxylic acids is 1. The summed E-state index contributed by atoms with van der Waals surface area (Å²) in [6, 6.07) is 1.23. The number of rotatable bonds is 9. The Hall–Kier alpha value is -1.71. The van der Waals surface area contributed by atoms with Gasteiger partial charge in [0.1, 0.15) is 11.4 Å². The van der Waals surface area contributed by atoms with E-state index in [2.05, 4.69) is 4.98 Å². The molecule has 0 amide bonds. The van der Waals surface area contributed by atoms with Crippen molar-refractivity contribution in [3.63, 3.8) is 0 Å². The maximum atomic E-state index is 15.5. The number of aliphatic hydroxyl groups is 1. The fraction of sp³-hybridized carbons (Fsp3) is 0.737. The molecule has 0 fully saturated rings. The van der Waals surface area contributed by atoms with Crippen LogP contribution in [0.4, 0.5) is 10.2 Å². The van der Waals surface area contributed by atoms with Gasteiger partial charge in [-0.2, -0.15) is 4.98 Å². The first-order valence-corrected chi connectivity index (χ1v) is 9.68. The molecule has 1 aromatic heterocycles. The van der Waals surface area contributed by atoms with Crippen molar-refractivity contribution in [2.45, 2.75) is 59.0 Å². The number of carbonyl (C=O) groups is 1. The molecule has 0 saturated heterocycles. The van der Waals surface area contributed by atoms with Gasteiger partial charge in [0, 0.05) is 13.3 Å². The SMILES string of the molecule is CO[C@@](CO)(CCl)[C@@H](OC(=O)C(C)(C)CC(C)(C)C)[C@@H](F)n1ccc(N)nc1=O. The van der Waals surface area contributed by atoms with Crippen LogP contribution in [0.25, 0.3) is 0 Å². The monoisotopic (exact) mass is 435 g/mol. The van der Waals surface area contributed by atoms with Gasteiger partial charge in [-0.05, 0) is 31.7 Å². The standard InChI is InChI=1S/C19H31ClFN3O5/c1-17(2,3)9-18(4,5)15(26)29-13(19(10-20,11-25)28-6)14(21)24-8-7-12(22)23-16(24)27/h7-8,13-14,25H,9-11H2,1-6H3,(H2,22,23,27)/t13-,14-,19+/m0/s1. The number of alkyl halides is 2. The highest BCUT2D eigenvalue weighted by Crippen LogP contribution is 2.37. The second-order valence-electron chi connectivity index (χ2n) is 8.92. The number of aromatic nitrogens is 2. The third-order valence-corrected chi connectivity index (χ3v) is 5.00. The highest BCUT2D eigenvalue weighted by molar-refractivity contribution is 6.18. The van der Waals surface area contributed by atoms with Gasteiger partial charge < -0.3 is 20.3 Å². The Morgan fingerprint density at radius 2 is 1.97 bits per heavy atom. The average molecular weight is 436 g/mol. The number of aliphatic hydroxyl groups excluding tert-OH is 1. The maximum absolute atomic E-state index is 15.5. The predicted octanol–water partition coefficient (Wildman–Crippen LogP) is 2.28. The van der Waals surface area contributed by atoms with Crippen molar-refractivity contribution in [2.24, 2.45) is 10.8 Å². The first kappa shape index (κ1) is 25.3. The van der Waals surface area contributed by atoms with Crippen LogP contribution in [0.1, 0.15) is 47.3 Å². The number of esters is 1. The molecule has 1 aromatic rings. The quantitative estimate of drug-likeness (QED) is 0.451. The van der Waals surface area contributed by atoms with Crippen molar-refractivity contribution in [1.29, 1.82) is 0 Å². The van der Waals surface area contributed by atoms with Crippen molar-refractivity contribution in [3.8, 4) is 0 Å². The Labute approximate surface area is 175 Å². The van der Waals surface area contributed by atoms with E-state index in [-0.39, 0.29) is 11.2 Å². The summed E-state index contributed by atoms with van der Waals surface area (Å²) in [5.74, 6) is -1.19. The van der Waals surface area contributed by atoms with Crippen LogP contribution < -0.4 is 11.4 Å². The molecule has 1 heterocycles. The molecule has 0 aliphatic heterocycles. The summed E-state index contributed by atoms with van der Waals surface area (Å²) in [4.78, 5) is 28.5.